The van der Waals surface area contributed by atoms with E-state index in [0.29, 0.717) is 17.7 Å². The summed E-state index contributed by atoms with van der Waals surface area (Å²) >= 11 is 0. The van der Waals surface area contributed by atoms with Crippen molar-refractivity contribution in [1.82, 2.24) is 0 Å². The number of Topliss-reactive ketones (excluding diaryl/α,β-unsaturated/α-hetero) is 1. The van der Waals surface area contributed by atoms with Gasteiger partial charge in [-0.2, -0.15) is 0 Å². The number of hydrogen-bond donors (Lipinski definition) is 0. The Morgan fingerprint density at radius 1 is 0.926 bits per heavy atom. The van der Waals surface area contributed by atoms with Crippen molar-refractivity contribution < 1.29 is 9.21 Å². The molecule has 0 amide bonds. The zero-order chi connectivity index (χ0) is 19.0. The molecule has 0 aliphatic heterocycles. The molecule has 4 nitrogen and oxygen atoms in total. The number of carbonyl (C=O) groups excluding carboxylic acids is 1. The van der Waals surface area contributed by atoms with Gasteiger partial charge >= 0.3 is 5.63 Å². The van der Waals surface area contributed by atoms with E-state index in [1.807, 2.05) is 31.2 Å². The topological polar surface area (TPSA) is 50.5 Å². The van der Waals surface area contributed by atoms with Crippen LogP contribution in [0.4, 0.5) is 11.4 Å². The molecule has 0 saturated heterocycles. The molecule has 0 bridgehead atoms. The van der Waals surface area contributed by atoms with Crippen molar-refractivity contribution in [1.29, 1.82) is 0 Å². The third kappa shape index (κ3) is 2.99. The molecule has 0 fully saturated rings. The second kappa shape index (κ2) is 6.72. The molecular formula is C23H19NO3. The molecule has 4 rings (SSSR count). The van der Waals surface area contributed by atoms with Crippen molar-refractivity contribution in [2.24, 2.45) is 0 Å². The van der Waals surface area contributed by atoms with Crippen LogP contribution in [-0.4, -0.2) is 12.3 Å². The van der Waals surface area contributed by atoms with Crippen LogP contribution in [-0.2, 0) is 0 Å². The maximum Gasteiger partial charge on any atom is 0.338 e. The maximum atomic E-state index is 12.2. The summed E-state index contributed by atoms with van der Waals surface area (Å²) in [6.07, 6.45) is 0. The number of anilines is 2. The molecular weight excluding hydrogens is 338 g/mol. The molecule has 0 saturated carbocycles. The van der Waals surface area contributed by atoms with Gasteiger partial charge in [0.15, 0.2) is 5.78 Å². The number of carbonyl (C=O) groups is 1. The van der Waals surface area contributed by atoms with Gasteiger partial charge in [-0.25, -0.2) is 4.79 Å². The maximum absolute atomic E-state index is 12.2. The van der Waals surface area contributed by atoms with Crippen LogP contribution in [0.3, 0.4) is 0 Å². The lowest BCUT2D eigenvalue weighted by Gasteiger charge is -2.25. The third-order valence-corrected chi connectivity index (χ3v) is 4.79. The summed E-state index contributed by atoms with van der Waals surface area (Å²) in [6, 6.07) is 21.1. The molecule has 0 N–H and O–H groups in total. The van der Waals surface area contributed by atoms with E-state index in [1.165, 1.54) is 13.0 Å². The van der Waals surface area contributed by atoms with Crippen LogP contribution in [0, 0.1) is 0 Å². The van der Waals surface area contributed by atoms with Crippen LogP contribution in [0.15, 0.2) is 75.9 Å². The minimum absolute atomic E-state index is 0.0636. The van der Waals surface area contributed by atoms with Crippen LogP contribution in [0.5, 0.6) is 0 Å². The Morgan fingerprint density at radius 3 is 2.48 bits per heavy atom. The summed E-state index contributed by atoms with van der Waals surface area (Å²) in [7, 11) is 0. The first kappa shape index (κ1) is 17.0. The van der Waals surface area contributed by atoms with Crippen molar-refractivity contribution in [3.05, 3.63) is 82.7 Å². The van der Waals surface area contributed by atoms with Crippen molar-refractivity contribution in [3.63, 3.8) is 0 Å². The quantitative estimate of drug-likeness (QED) is 0.367. The molecule has 0 spiro atoms. The van der Waals surface area contributed by atoms with Gasteiger partial charge in [0, 0.05) is 34.6 Å². The Balaban J connectivity index is 1.98. The minimum Gasteiger partial charge on any atom is -0.423 e. The van der Waals surface area contributed by atoms with Crippen LogP contribution >= 0.6 is 0 Å². The van der Waals surface area contributed by atoms with Gasteiger partial charge in [-0.1, -0.05) is 42.5 Å². The molecule has 0 atom stereocenters. The molecule has 1 aromatic heterocycles. The second-order valence-electron chi connectivity index (χ2n) is 6.46. The Kier molecular flexibility index (Phi) is 4.24. The summed E-state index contributed by atoms with van der Waals surface area (Å²) in [5.74, 6) is -0.0636. The van der Waals surface area contributed by atoms with Gasteiger partial charge < -0.3 is 9.32 Å². The number of rotatable bonds is 4. The van der Waals surface area contributed by atoms with Crippen molar-refractivity contribution in [2.75, 3.05) is 11.4 Å². The molecule has 0 radical (unpaired) electrons. The lowest BCUT2D eigenvalue weighted by molar-refractivity contribution is 0.101. The zero-order valence-corrected chi connectivity index (χ0v) is 15.2. The fourth-order valence-electron chi connectivity index (χ4n) is 3.50. The molecule has 0 aliphatic carbocycles. The fraction of sp³-hybridized carbons (Fsp3) is 0.130. The van der Waals surface area contributed by atoms with E-state index in [2.05, 4.69) is 29.2 Å². The van der Waals surface area contributed by atoms with E-state index in [0.717, 1.165) is 27.5 Å². The van der Waals surface area contributed by atoms with E-state index in [1.54, 1.807) is 12.1 Å². The first-order valence-electron chi connectivity index (χ1n) is 8.92. The summed E-state index contributed by atoms with van der Waals surface area (Å²) in [4.78, 5) is 26.0. The summed E-state index contributed by atoms with van der Waals surface area (Å²) in [5, 5.41) is 3.05. The van der Waals surface area contributed by atoms with Gasteiger partial charge in [0.1, 0.15) is 5.58 Å². The van der Waals surface area contributed by atoms with Crippen molar-refractivity contribution in [2.45, 2.75) is 13.8 Å². The minimum atomic E-state index is -0.433. The van der Waals surface area contributed by atoms with Gasteiger partial charge in [0.25, 0.3) is 0 Å². The third-order valence-electron chi connectivity index (χ3n) is 4.79. The molecule has 1 heterocycles. The van der Waals surface area contributed by atoms with Crippen molar-refractivity contribution in [3.8, 4) is 0 Å². The highest BCUT2D eigenvalue weighted by atomic mass is 16.4. The average molecular weight is 357 g/mol. The first-order valence-corrected chi connectivity index (χ1v) is 8.92. The monoisotopic (exact) mass is 357 g/mol. The van der Waals surface area contributed by atoms with E-state index in [9.17, 15) is 9.59 Å². The standard InChI is InChI=1S/C23H19NO3/c1-3-24(20-10-6-8-16-7-4-5-9-18(16)20)21-14-23(26)27-22-13-17(15(2)25)11-12-19(21)22/h4-14H,3H2,1-2H3. The van der Waals surface area contributed by atoms with Crippen LogP contribution < -0.4 is 10.5 Å². The van der Waals surface area contributed by atoms with Crippen LogP contribution in [0.1, 0.15) is 24.2 Å². The van der Waals surface area contributed by atoms with E-state index in [-0.39, 0.29) is 5.78 Å². The summed E-state index contributed by atoms with van der Waals surface area (Å²) in [5.41, 5.74) is 2.31. The van der Waals surface area contributed by atoms with Crippen LogP contribution in [0.25, 0.3) is 21.7 Å². The highest BCUT2D eigenvalue weighted by Gasteiger charge is 2.16. The SMILES string of the molecule is CCN(c1cccc2ccccc12)c1cc(=O)oc2cc(C(C)=O)ccc12. The lowest BCUT2D eigenvalue weighted by atomic mass is 10.1. The summed E-state index contributed by atoms with van der Waals surface area (Å²) in [6.45, 7) is 4.23. The molecule has 134 valence electrons. The van der Waals surface area contributed by atoms with Crippen LogP contribution in [0.2, 0.25) is 0 Å². The van der Waals surface area contributed by atoms with Gasteiger partial charge in [0.2, 0.25) is 0 Å². The first-order chi connectivity index (χ1) is 13.1. The molecule has 3 aromatic carbocycles. The molecule has 4 heteroatoms. The number of hydrogen-bond acceptors (Lipinski definition) is 4. The smallest absolute Gasteiger partial charge is 0.338 e. The predicted octanol–water partition coefficient (Wildman–Crippen LogP) is 5.31. The second-order valence-corrected chi connectivity index (χ2v) is 6.46. The average Bonchev–Trinajstić information content (AvgIpc) is 2.68. The normalized spacial score (nSPS) is 11.0. The predicted molar refractivity (Wildman–Crippen MR) is 109 cm³/mol. The van der Waals surface area contributed by atoms with Gasteiger partial charge in [-0.05, 0) is 37.4 Å². The fourth-order valence-corrected chi connectivity index (χ4v) is 3.50. The molecule has 27 heavy (non-hydrogen) atoms. The number of nitrogens with zero attached hydrogens (tertiary/aromatic N) is 1. The number of benzene rings is 3. The van der Waals surface area contributed by atoms with E-state index in [4.69, 9.17) is 4.42 Å². The van der Waals surface area contributed by atoms with Gasteiger partial charge in [0.05, 0.1) is 5.69 Å². The molecule has 0 unspecified atom stereocenters. The van der Waals surface area contributed by atoms with E-state index >= 15 is 0 Å². The Bertz CT molecular complexity index is 1220. The molecule has 0 aliphatic rings. The van der Waals surface area contributed by atoms with Crippen molar-refractivity contribution >= 4 is 38.9 Å². The largest absolute Gasteiger partial charge is 0.423 e. The Morgan fingerprint density at radius 2 is 1.70 bits per heavy atom. The Labute approximate surface area is 156 Å². The van der Waals surface area contributed by atoms with Gasteiger partial charge in [-0.3, -0.25) is 4.79 Å². The zero-order valence-electron chi connectivity index (χ0n) is 15.2. The Hall–Kier alpha value is -3.40. The highest BCUT2D eigenvalue weighted by Crippen LogP contribution is 2.35. The van der Waals surface area contributed by atoms with E-state index < -0.39 is 5.63 Å². The van der Waals surface area contributed by atoms with Gasteiger partial charge in [-0.15, -0.1) is 0 Å². The number of fused-ring (bicyclic) bond motifs is 2. The summed E-state index contributed by atoms with van der Waals surface area (Å²) < 4.78 is 5.38. The highest BCUT2D eigenvalue weighted by molar-refractivity contribution is 6.02. The number of ketones is 1. The molecule has 4 aromatic rings. The lowest BCUT2D eigenvalue weighted by Crippen LogP contribution is -2.18.